The molecule has 1 aromatic carbocycles. The summed E-state index contributed by atoms with van der Waals surface area (Å²) in [5.74, 6) is -0.734. The second-order valence-corrected chi connectivity index (χ2v) is 6.08. The van der Waals surface area contributed by atoms with Crippen molar-refractivity contribution in [2.45, 2.75) is 44.2 Å². The van der Waals surface area contributed by atoms with Gasteiger partial charge in [-0.15, -0.1) is 0 Å². The summed E-state index contributed by atoms with van der Waals surface area (Å²) in [6, 6.07) is 6.58. The van der Waals surface area contributed by atoms with Crippen molar-refractivity contribution in [2.75, 3.05) is 6.54 Å². The highest BCUT2D eigenvalue weighted by Gasteiger charge is 2.34. The van der Waals surface area contributed by atoms with Crippen LogP contribution in [0, 0.1) is 0 Å². The zero-order valence-corrected chi connectivity index (χ0v) is 12.8. The quantitative estimate of drug-likeness (QED) is 0.796. The summed E-state index contributed by atoms with van der Waals surface area (Å²) >= 11 is 0. The Morgan fingerprint density at radius 2 is 1.83 bits per heavy atom. The molecule has 122 valence electrons. The highest BCUT2D eigenvalue weighted by Crippen LogP contribution is 2.23. The van der Waals surface area contributed by atoms with Crippen LogP contribution in [0.25, 0.3) is 0 Å². The van der Waals surface area contributed by atoms with E-state index in [-0.39, 0.29) is 36.7 Å². The Bertz CT molecular complexity index is 608. The van der Waals surface area contributed by atoms with E-state index in [0.717, 1.165) is 19.3 Å². The minimum absolute atomic E-state index is 0.146. The van der Waals surface area contributed by atoms with Crippen LogP contribution in [0.15, 0.2) is 24.3 Å². The number of rotatable bonds is 5. The van der Waals surface area contributed by atoms with Crippen LogP contribution in [-0.2, 0) is 4.79 Å². The topological polar surface area (TPSA) is 86.7 Å². The van der Waals surface area contributed by atoms with Gasteiger partial charge >= 0.3 is 0 Å². The van der Waals surface area contributed by atoms with Gasteiger partial charge in [-0.05, 0) is 37.8 Å². The van der Waals surface area contributed by atoms with Gasteiger partial charge in [0.1, 0.15) is 0 Å². The second-order valence-electron chi connectivity index (χ2n) is 6.08. The number of aliphatic hydroxyl groups excluding tert-OH is 1. The summed E-state index contributed by atoms with van der Waals surface area (Å²) < 4.78 is 0. The van der Waals surface area contributed by atoms with E-state index in [1.807, 2.05) is 0 Å². The molecular weight excluding hydrogens is 296 g/mol. The van der Waals surface area contributed by atoms with E-state index >= 15 is 0 Å². The number of nitrogens with zero attached hydrogens (tertiary/aromatic N) is 1. The predicted molar refractivity (Wildman–Crippen MR) is 82.8 cm³/mol. The van der Waals surface area contributed by atoms with Crippen molar-refractivity contribution in [3.63, 3.8) is 0 Å². The lowest BCUT2D eigenvalue weighted by Gasteiger charge is -2.17. The molecule has 3 amide bonds. The number of aliphatic hydroxyl groups is 1. The van der Waals surface area contributed by atoms with Gasteiger partial charge < -0.3 is 10.4 Å². The monoisotopic (exact) mass is 316 g/mol. The third-order valence-electron chi connectivity index (χ3n) is 4.49. The van der Waals surface area contributed by atoms with Gasteiger partial charge in [0.05, 0.1) is 23.3 Å². The lowest BCUT2D eigenvalue weighted by atomic mass is 10.1. The molecule has 0 spiro atoms. The van der Waals surface area contributed by atoms with Crippen LogP contribution in [0.4, 0.5) is 0 Å². The van der Waals surface area contributed by atoms with Crippen LogP contribution in [0.3, 0.4) is 0 Å². The van der Waals surface area contributed by atoms with Gasteiger partial charge in [-0.3, -0.25) is 19.3 Å². The molecule has 2 N–H and O–H groups in total. The van der Waals surface area contributed by atoms with Crippen LogP contribution < -0.4 is 5.32 Å². The van der Waals surface area contributed by atoms with Crippen molar-refractivity contribution in [1.29, 1.82) is 0 Å². The number of hydrogen-bond acceptors (Lipinski definition) is 4. The van der Waals surface area contributed by atoms with Crippen molar-refractivity contribution in [1.82, 2.24) is 10.2 Å². The van der Waals surface area contributed by atoms with Gasteiger partial charge in [0.25, 0.3) is 11.8 Å². The number of amides is 3. The fourth-order valence-corrected chi connectivity index (χ4v) is 3.23. The van der Waals surface area contributed by atoms with Crippen molar-refractivity contribution >= 4 is 17.7 Å². The minimum atomic E-state index is -0.463. The number of hydrogen-bond donors (Lipinski definition) is 2. The van der Waals surface area contributed by atoms with Crippen molar-refractivity contribution in [2.24, 2.45) is 0 Å². The molecule has 1 heterocycles. The maximum absolute atomic E-state index is 12.2. The fraction of sp³-hybridized carbons (Fsp3) is 0.471. The number of benzene rings is 1. The molecule has 23 heavy (non-hydrogen) atoms. The normalized spacial score (nSPS) is 23.3. The molecular formula is C17H20N2O4. The Kier molecular flexibility index (Phi) is 4.43. The van der Waals surface area contributed by atoms with E-state index in [4.69, 9.17) is 0 Å². The molecule has 1 aliphatic heterocycles. The molecule has 1 aliphatic carbocycles. The smallest absolute Gasteiger partial charge is 0.261 e. The third-order valence-corrected chi connectivity index (χ3v) is 4.49. The molecule has 1 fully saturated rings. The molecule has 0 radical (unpaired) electrons. The predicted octanol–water partition coefficient (Wildman–Crippen LogP) is 1.09. The summed E-state index contributed by atoms with van der Waals surface area (Å²) in [4.78, 5) is 37.4. The van der Waals surface area contributed by atoms with Crippen molar-refractivity contribution < 1.29 is 19.5 Å². The first-order valence-corrected chi connectivity index (χ1v) is 8.00. The minimum Gasteiger partial charge on any atom is -0.391 e. The van der Waals surface area contributed by atoms with Gasteiger partial charge in [-0.2, -0.15) is 0 Å². The van der Waals surface area contributed by atoms with Crippen LogP contribution in [-0.4, -0.2) is 46.4 Å². The van der Waals surface area contributed by atoms with Gasteiger partial charge in [0.15, 0.2) is 0 Å². The molecule has 1 saturated carbocycles. The van der Waals surface area contributed by atoms with Crippen molar-refractivity contribution in [3.05, 3.63) is 35.4 Å². The molecule has 6 nitrogen and oxygen atoms in total. The molecule has 6 heteroatoms. The molecule has 0 saturated heterocycles. The number of imide groups is 1. The molecule has 3 rings (SSSR count). The second kappa shape index (κ2) is 6.50. The number of nitrogens with one attached hydrogen (secondary N) is 1. The van der Waals surface area contributed by atoms with E-state index in [2.05, 4.69) is 5.32 Å². The highest BCUT2D eigenvalue weighted by molar-refractivity contribution is 6.21. The molecule has 2 aliphatic rings. The summed E-state index contributed by atoms with van der Waals surface area (Å²) in [7, 11) is 0. The van der Waals surface area contributed by atoms with E-state index < -0.39 is 6.10 Å². The van der Waals surface area contributed by atoms with Gasteiger partial charge in [0.2, 0.25) is 5.91 Å². The Labute approximate surface area is 134 Å². The summed E-state index contributed by atoms with van der Waals surface area (Å²) in [6.45, 7) is 0.229. The zero-order chi connectivity index (χ0) is 16.4. The first kappa shape index (κ1) is 15.7. The van der Waals surface area contributed by atoms with Gasteiger partial charge in [0, 0.05) is 13.0 Å². The number of fused-ring (bicyclic) bond motifs is 1. The summed E-state index contributed by atoms with van der Waals surface area (Å²) in [6.07, 6.45) is 2.62. The van der Waals surface area contributed by atoms with Crippen LogP contribution >= 0.6 is 0 Å². The van der Waals surface area contributed by atoms with E-state index in [1.54, 1.807) is 24.3 Å². The lowest BCUT2D eigenvalue weighted by molar-refractivity contribution is -0.122. The maximum atomic E-state index is 12.2. The zero-order valence-electron chi connectivity index (χ0n) is 12.8. The van der Waals surface area contributed by atoms with Gasteiger partial charge in [-0.1, -0.05) is 12.1 Å². The largest absolute Gasteiger partial charge is 0.391 e. The summed E-state index contributed by atoms with van der Waals surface area (Å²) in [5, 5.41) is 12.5. The fourth-order valence-electron chi connectivity index (χ4n) is 3.23. The van der Waals surface area contributed by atoms with Crippen LogP contribution in [0.5, 0.6) is 0 Å². The van der Waals surface area contributed by atoms with Crippen LogP contribution in [0.2, 0.25) is 0 Å². The number of carbonyl (C=O) groups excluding carboxylic acids is 3. The maximum Gasteiger partial charge on any atom is 0.261 e. The van der Waals surface area contributed by atoms with E-state index in [0.29, 0.717) is 17.5 Å². The Hall–Kier alpha value is -2.21. The Morgan fingerprint density at radius 3 is 2.39 bits per heavy atom. The van der Waals surface area contributed by atoms with Crippen LogP contribution in [0.1, 0.15) is 52.8 Å². The van der Waals surface area contributed by atoms with E-state index in [1.165, 1.54) is 4.90 Å². The summed E-state index contributed by atoms with van der Waals surface area (Å²) in [5.41, 5.74) is 0.854. The van der Waals surface area contributed by atoms with Gasteiger partial charge in [-0.25, -0.2) is 0 Å². The third kappa shape index (κ3) is 3.12. The van der Waals surface area contributed by atoms with E-state index in [9.17, 15) is 19.5 Å². The first-order valence-electron chi connectivity index (χ1n) is 8.00. The first-order chi connectivity index (χ1) is 11.1. The Balaban J connectivity index is 1.49. The molecule has 0 bridgehead atoms. The molecule has 2 atom stereocenters. The molecule has 2 unspecified atom stereocenters. The average molecular weight is 316 g/mol. The molecule has 0 aromatic heterocycles. The lowest BCUT2D eigenvalue weighted by Crippen LogP contribution is -2.40. The Morgan fingerprint density at radius 1 is 1.17 bits per heavy atom. The SMILES string of the molecule is O=C(CCCN1C(=O)c2ccccc2C1=O)NC1CCCC1O. The standard InChI is InChI=1S/C17H20N2O4/c20-14-8-3-7-13(14)18-15(21)9-4-10-19-16(22)11-5-1-2-6-12(11)17(19)23/h1-2,5-6,13-14,20H,3-4,7-10H2,(H,18,21). The van der Waals surface area contributed by atoms with Crippen molar-refractivity contribution in [3.8, 4) is 0 Å². The molecule has 1 aromatic rings. The average Bonchev–Trinajstić information content (AvgIpc) is 3.04. The number of carbonyl (C=O) groups is 3. The highest BCUT2D eigenvalue weighted by atomic mass is 16.3.